The summed E-state index contributed by atoms with van der Waals surface area (Å²) in [4.78, 5) is 0. The minimum absolute atomic E-state index is 0.0647. The average molecular weight is 332 g/mol. The second kappa shape index (κ2) is 8.88. The SMILES string of the molecule is CC1CCCCCP(C)C(C)(C)C1=CCCOc1ccccc1. The summed E-state index contributed by atoms with van der Waals surface area (Å²) in [5, 5.41) is 0.367. The van der Waals surface area contributed by atoms with Crippen LogP contribution in [0.5, 0.6) is 5.75 Å². The molecule has 0 saturated carbocycles. The zero-order chi connectivity index (χ0) is 16.7. The van der Waals surface area contributed by atoms with E-state index in [0.29, 0.717) is 11.1 Å². The van der Waals surface area contributed by atoms with Crippen molar-refractivity contribution in [3.63, 3.8) is 0 Å². The van der Waals surface area contributed by atoms with Crippen LogP contribution in [0.25, 0.3) is 0 Å². The van der Waals surface area contributed by atoms with Crippen molar-refractivity contribution in [3.05, 3.63) is 42.0 Å². The molecular formula is C21H33OP. The van der Waals surface area contributed by atoms with E-state index in [2.05, 4.69) is 33.5 Å². The quantitative estimate of drug-likeness (QED) is 0.348. The summed E-state index contributed by atoms with van der Waals surface area (Å²) in [6.45, 7) is 10.7. The molecule has 2 atom stereocenters. The molecule has 1 heterocycles. The number of rotatable bonds is 4. The van der Waals surface area contributed by atoms with Crippen LogP contribution < -0.4 is 4.74 Å². The maximum atomic E-state index is 5.87. The van der Waals surface area contributed by atoms with Gasteiger partial charge in [-0.1, -0.05) is 71.4 Å². The fourth-order valence-corrected chi connectivity index (χ4v) is 5.60. The largest absolute Gasteiger partial charge is 0.493 e. The molecule has 2 rings (SSSR count). The van der Waals surface area contributed by atoms with Crippen LogP contribution in [0.2, 0.25) is 0 Å². The fraction of sp³-hybridized carbons (Fsp3) is 0.619. The number of allylic oxidation sites excluding steroid dienone is 1. The highest BCUT2D eigenvalue weighted by Gasteiger charge is 2.32. The van der Waals surface area contributed by atoms with Crippen LogP contribution >= 0.6 is 7.92 Å². The molecule has 0 aliphatic carbocycles. The van der Waals surface area contributed by atoms with Crippen molar-refractivity contribution < 1.29 is 4.74 Å². The van der Waals surface area contributed by atoms with Gasteiger partial charge in [-0.05, 0) is 50.1 Å². The van der Waals surface area contributed by atoms with Crippen LogP contribution in [0.1, 0.15) is 52.9 Å². The van der Waals surface area contributed by atoms with Crippen molar-refractivity contribution in [2.45, 2.75) is 58.0 Å². The Labute approximate surface area is 144 Å². The maximum Gasteiger partial charge on any atom is 0.119 e. The second-order valence-corrected chi connectivity index (χ2v) is 10.3. The average Bonchev–Trinajstić information content (AvgIpc) is 2.58. The number of para-hydroxylation sites is 1. The van der Waals surface area contributed by atoms with Gasteiger partial charge in [0.15, 0.2) is 0 Å². The highest BCUT2D eigenvalue weighted by atomic mass is 31.1. The lowest BCUT2D eigenvalue weighted by molar-refractivity contribution is 0.324. The van der Waals surface area contributed by atoms with Crippen molar-refractivity contribution in [2.24, 2.45) is 5.92 Å². The molecule has 0 aromatic heterocycles. The Morgan fingerprint density at radius 2 is 1.91 bits per heavy atom. The molecule has 2 unspecified atom stereocenters. The van der Waals surface area contributed by atoms with E-state index in [9.17, 15) is 0 Å². The van der Waals surface area contributed by atoms with Gasteiger partial charge in [-0.2, -0.15) is 0 Å². The van der Waals surface area contributed by atoms with Crippen LogP contribution in [0.3, 0.4) is 0 Å². The van der Waals surface area contributed by atoms with Crippen LogP contribution in [0.4, 0.5) is 0 Å². The first kappa shape index (κ1) is 18.5. The lowest BCUT2D eigenvalue weighted by Gasteiger charge is -2.37. The molecule has 1 aromatic carbocycles. The van der Waals surface area contributed by atoms with Crippen molar-refractivity contribution >= 4 is 7.92 Å². The third kappa shape index (κ3) is 5.35. The standard InChI is InChI=1S/C21H33OP/c1-18-12-7-6-10-17-23(4)21(2,3)20(18)15-11-16-22-19-13-8-5-9-14-19/h5,8-9,13-15,18H,6-7,10-12,16-17H2,1-4H3. The van der Waals surface area contributed by atoms with E-state index in [0.717, 1.165) is 18.8 Å². The molecule has 0 amide bonds. The predicted octanol–water partition coefficient (Wildman–Crippen LogP) is 6.48. The van der Waals surface area contributed by atoms with Crippen LogP contribution in [0.15, 0.2) is 42.0 Å². The van der Waals surface area contributed by atoms with E-state index in [4.69, 9.17) is 4.74 Å². The highest BCUT2D eigenvalue weighted by Crippen LogP contribution is 2.54. The van der Waals surface area contributed by atoms with Gasteiger partial charge in [-0.3, -0.25) is 0 Å². The summed E-state index contributed by atoms with van der Waals surface area (Å²) in [5.74, 6) is 1.69. The molecule has 1 saturated heterocycles. The summed E-state index contributed by atoms with van der Waals surface area (Å²) in [5.41, 5.74) is 1.68. The summed E-state index contributed by atoms with van der Waals surface area (Å²) in [6, 6.07) is 10.2. The number of ether oxygens (including phenoxy) is 1. The smallest absolute Gasteiger partial charge is 0.119 e. The Balaban J connectivity index is 2.02. The molecule has 0 bridgehead atoms. The normalized spacial score (nSPS) is 27.0. The molecule has 1 aromatic rings. The number of benzene rings is 1. The van der Waals surface area contributed by atoms with Crippen molar-refractivity contribution in [1.82, 2.24) is 0 Å². The Morgan fingerprint density at radius 3 is 2.65 bits per heavy atom. The highest BCUT2D eigenvalue weighted by molar-refractivity contribution is 7.58. The van der Waals surface area contributed by atoms with Crippen LogP contribution in [0, 0.1) is 5.92 Å². The summed E-state index contributed by atoms with van der Waals surface area (Å²) in [7, 11) is 0.0647. The van der Waals surface area contributed by atoms with Gasteiger partial charge >= 0.3 is 0 Å². The minimum atomic E-state index is 0.0647. The Bertz CT molecular complexity index is 492. The van der Waals surface area contributed by atoms with Crippen LogP contribution in [-0.2, 0) is 0 Å². The summed E-state index contributed by atoms with van der Waals surface area (Å²) >= 11 is 0. The number of hydrogen-bond acceptors (Lipinski definition) is 1. The van der Waals surface area contributed by atoms with E-state index < -0.39 is 0 Å². The predicted molar refractivity (Wildman–Crippen MR) is 104 cm³/mol. The Kier molecular flexibility index (Phi) is 7.15. The molecule has 0 radical (unpaired) electrons. The van der Waals surface area contributed by atoms with Crippen molar-refractivity contribution in [1.29, 1.82) is 0 Å². The van der Waals surface area contributed by atoms with Crippen molar-refractivity contribution in [2.75, 3.05) is 19.4 Å². The van der Waals surface area contributed by atoms with Gasteiger partial charge < -0.3 is 4.74 Å². The molecule has 1 nitrogen and oxygen atoms in total. The fourth-order valence-electron chi connectivity index (χ4n) is 3.59. The molecule has 0 N–H and O–H groups in total. The third-order valence-electron chi connectivity index (χ3n) is 5.32. The van der Waals surface area contributed by atoms with Gasteiger partial charge in [0, 0.05) is 5.16 Å². The Morgan fingerprint density at radius 1 is 1.17 bits per heavy atom. The first-order chi connectivity index (χ1) is 11.0. The minimum Gasteiger partial charge on any atom is -0.493 e. The van der Waals surface area contributed by atoms with Gasteiger partial charge in [0.05, 0.1) is 6.61 Å². The zero-order valence-electron chi connectivity index (χ0n) is 15.3. The van der Waals surface area contributed by atoms with Gasteiger partial charge in [-0.25, -0.2) is 0 Å². The summed E-state index contributed by atoms with van der Waals surface area (Å²) < 4.78 is 5.87. The molecule has 1 aliphatic heterocycles. The van der Waals surface area contributed by atoms with Gasteiger partial charge in [0.25, 0.3) is 0 Å². The molecule has 2 heteroatoms. The Hall–Kier alpha value is -0.810. The monoisotopic (exact) mass is 332 g/mol. The lowest BCUT2D eigenvalue weighted by Crippen LogP contribution is -2.25. The molecular weight excluding hydrogens is 299 g/mol. The van der Waals surface area contributed by atoms with E-state index in [1.165, 1.54) is 31.8 Å². The number of hydrogen-bond donors (Lipinski definition) is 0. The topological polar surface area (TPSA) is 9.23 Å². The molecule has 0 spiro atoms. The van der Waals surface area contributed by atoms with Gasteiger partial charge in [-0.15, -0.1) is 0 Å². The van der Waals surface area contributed by atoms with E-state index in [1.54, 1.807) is 5.57 Å². The van der Waals surface area contributed by atoms with Crippen LogP contribution in [-0.4, -0.2) is 24.6 Å². The first-order valence-corrected chi connectivity index (χ1v) is 11.1. The van der Waals surface area contributed by atoms with Gasteiger partial charge in [0.2, 0.25) is 0 Å². The van der Waals surface area contributed by atoms with E-state index in [-0.39, 0.29) is 7.92 Å². The van der Waals surface area contributed by atoms with Gasteiger partial charge in [0.1, 0.15) is 5.75 Å². The second-order valence-electron chi connectivity index (χ2n) is 7.34. The lowest BCUT2D eigenvalue weighted by atomic mass is 9.86. The zero-order valence-corrected chi connectivity index (χ0v) is 16.2. The van der Waals surface area contributed by atoms with E-state index in [1.807, 2.05) is 30.3 Å². The third-order valence-corrected chi connectivity index (χ3v) is 8.47. The molecule has 1 aliphatic rings. The van der Waals surface area contributed by atoms with E-state index >= 15 is 0 Å². The molecule has 128 valence electrons. The molecule has 1 fully saturated rings. The first-order valence-electron chi connectivity index (χ1n) is 9.11. The summed E-state index contributed by atoms with van der Waals surface area (Å²) in [6.07, 6.45) is 10.5. The van der Waals surface area contributed by atoms with Crippen molar-refractivity contribution in [3.8, 4) is 5.75 Å². The maximum absolute atomic E-state index is 5.87. The molecule has 23 heavy (non-hydrogen) atoms.